The van der Waals surface area contributed by atoms with Crippen LogP contribution in [0.1, 0.15) is 0 Å². The number of imide groups is 2. The number of benzene rings is 2. The summed E-state index contributed by atoms with van der Waals surface area (Å²) in [5.41, 5.74) is 0.587. The molecule has 0 spiro atoms. The van der Waals surface area contributed by atoms with Crippen LogP contribution in [0.2, 0.25) is 0 Å². The Morgan fingerprint density at radius 3 is 2.25 bits per heavy atom. The summed E-state index contributed by atoms with van der Waals surface area (Å²) in [7, 11) is 2.93. The number of carbonyl (C=O) groups excluding carboxylic acids is 4. The van der Waals surface area contributed by atoms with E-state index in [0.717, 1.165) is 4.90 Å². The molecule has 1 N–H and O–H groups in total. The lowest BCUT2D eigenvalue weighted by Gasteiger charge is -2.16. The number of rotatable bonds is 6. The zero-order valence-electron chi connectivity index (χ0n) is 15.2. The average molecular weight is 383 g/mol. The Morgan fingerprint density at radius 2 is 1.61 bits per heavy atom. The van der Waals surface area contributed by atoms with E-state index in [0.29, 0.717) is 22.1 Å². The first-order valence-electron chi connectivity index (χ1n) is 8.23. The summed E-state index contributed by atoms with van der Waals surface area (Å²) >= 11 is 0. The predicted molar refractivity (Wildman–Crippen MR) is 99.2 cm³/mol. The molecule has 1 aliphatic rings. The molecule has 0 unspecified atom stereocenters. The van der Waals surface area contributed by atoms with Gasteiger partial charge >= 0.3 is 17.8 Å². The van der Waals surface area contributed by atoms with Gasteiger partial charge in [0.25, 0.3) is 0 Å². The van der Waals surface area contributed by atoms with Crippen molar-refractivity contribution in [1.82, 2.24) is 4.90 Å². The van der Waals surface area contributed by atoms with E-state index in [1.165, 1.54) is 26.4 Å². The maximum atomic E-state index is 12.6. The number of anilines is 2. The fraction of sp³-hybridized carbons (Fsp3) is 0.158. The van der Waals surface area contributed by atoms with Crippen molar-refractivity contribution < 1.29 is 28.7 Å². The van der Waals surface area contributed by atoms with Crippen LogP contribution >= 0.6 is 0 Å². The maximum Gasteiger partial charge on any atom is 0.339 e. The van der Waals surface area contributed by atoms with Gasteiger partial charge in [-0.25, -0.2) is 14.6 Å². The molecule has 1 heterocycles. The number of carbonyl (C=O) groups is 4. The molecule has 0 aromatic heterocycles. The first-order valence-corrected chi connectivity index (χ1v) is 8.23. The molecule has 144 valence electrons. The van der Waals surface area contributed by atoms with Gasteiger partial charge in [0, 0.05) is 0 Å². The highest BCUT2D eigenvalue weighted by atomic mass is 16.5. The molecule has 9 heteroatoms. The molecule has 0 saturated carbocycles. The molecule has 1 saturated heterocycles. The number of hydrogen-bond donors (Lipinski definition) is 1. The highest BCUT2D eigenvalue weighted by Crippen LogP contribution is 2.25. The van der Waals surface area contributed by atoms with Gasteiger partial charge in [-0.05, 0) is 36.4 Å². The largest absolute Gasteiger partial charge is 0.497 e. The molecule has 0 aliphatic carbocycles. The number of ether oxygens (including phenoxy) is 2. The molecule has 28 heavy (non-hydrogen) atoms. The van der Waals surface area contributed by atoms with Crippen LogP contribution in [0.25, 0.3) is 0 Å². The molecule has 0 radical (unpaired) electrons. The van der Waals surface area contributed by atoms with Crippen molar-refractivity contribution in [3.63, 3.8) is 0 Å². The normalized spacial score (nSPS) is 13.7. The van der Waals surface area contributed by atoms with Crippen molar-refractivity contribution in [3.8, 4) is 11.5 Å². The van der Waals surface area contributed by atoms with Crippen LogP contribution in [-0.4, -0.2) is 49.4 Å². The number of nitrogens with zero attached hydrogens (tertiary/aromatic N) is 2. The summed E-state index contributed by atoms with van der Waals surface area (Å²) in [5.74, 6) is -1.79. The third-order valence-corrected chi connectivity index (χ3v) is 4.07. The Kier molecular flexibility index (Phi) is 5.25. The molecule has 2 aromatic rings. The second kappa shape index (κ2) is 7.78. The van der Waals surface area contributed by atoms with Crippen molar-refractivity contribution in [2.24, 2.45) is 0 Å². The van der Waals surface area contributed by atoms with Gasteiger partial charge in [-0.2, -0.15) is 0 Å². The third kappa shape index (κ3) is 3.50. The quantitative estimate of drug-likeness (QED) is 0.601. The summed E-state index contributed by atoms with van der Waals surface area (Å²) in [4.78, 5) is 50.7. The van der Waals surface area contributed by atoms with Gasteiger partial charge < -0.3 is 14.8 Å². The van der Waals surface area contributed by atoms with E-state index in [1.807, 2.05) is 0 Å². The summed E-state index contributed by atoms with van der Waals surface area (Å²) in [6.45, 7) is -0.603. The molecule has 3 rings (SSSR count). The fourth-order valence-corrected chi connectivity index (χ4v) is 2.69. The fourth-order valence-electron chi connectivity index (χ4n) is 2.69. The highest BCUT2D eigenvalue weighted by molar-refractivity contribution is 6.53. The predicted octanol–water partition coefficient (Wildman–Crippen LogP) is 1.64. The van der Waals surface area contributed by atoms with Crippen LogP contribution < -0.4 is 19.7 Å². The van der Waals surface area contributed by atoms with Crippen LogP contribution in [0, 0.1) is 0 Å². The van der Waals surface area contributed by atoms with Gasteiger partial charge in [0.15, 0.2) is 0 Å². The summed E-state index contributed by atoms with van der Waals surface area (Å²) < 4.78 is 10.2. The van der Waals surface area contributed by atoms with Gasteiger partial charge in [0.1, 0.15) is 18.0 Å². The Labute approximate surface area is 160 Å². The van der Waals surface area contributed by atoms with Gasteiger partial charge in [0.05, 0.1) is 25.6 Å². The minimum atomic E-state index is -1.07. The summed E-state index contributed by atoms with van der Waals surface area (Å²) in [5, 5.41) is 2.56. The minimum absolute atomic E-state index is 0.205. The monoisotopic (exact) mass is 383 g/mol. The summed E-state index contributed by atoms with van der Waals surface area (Å²) in [6, 6.07) is 11.8. The molecule has 5 amide bonds. The second-order valence-electron chi connectivity index (χ2n) is 5.76. The molecule has 2 aromatic carbocycles. The number of methoxy groups -OCH3 is 2. The third-order valence-electron chi connectivity index (χ3n) is 4.07. The van der Waals surface area contributed by atoms with E-state index in [4.69, 9.17) is 9.47 Å². The summed E-state index contributed by atoms with van der Waals surface area (Å²) in [6.07, 6.45) is 0. The number of urea groups is 1. The standard InChI is InChI=1S/C19H17N3O6/c1-27-13-9-7-12(8-10-13)22-18(25)17(24)21(19(22)26)11-16(23)20-14-5-3-4-6-15(14)28-2/h3-10H,11H2,1-2H3,(H,20,23). The van der Waals surface area contributed by atoms with Crippen LogP contribution in [0.3, 0.4) is 0 Å². The molecular weight excluding hydrogens is 366 g/mol. The Hall–Kier alpha value is -3.88. The van der Waals surface area contributed by atoms with E-state index in [9.17, 15) is 19.2 Å². The maximum absolute atomic E-state index is 12.6. The highest BCUT2D eigenvalue weighted by Gasteiger charge is 2.46. The van der Waals surface area contributed by atoms with Gasteiger partial charge in [-0.3, -0.25) is 14.4 Å². The minimum Gasteiger partial charge on any atom is -0.497 e. The van der Waals surface area contributed by atoms with Crippen molar-refractivity contribution in [2.45, 2.75) is 0 Å². The number of hydrogen-bond acceptors (Lipinski definition) is 6. The lowest BCUT2D eigenvalue weighted by Crippen LogP contribution is -2.39. The molecule has 1 aliphatic heterocycles. The zero-order valence-corrected chi connectivity index (χ0v) is 15.2. The molecule has 9 nitrogen and oxygen atoms in total. The number of para-hydroxylation sites is 2. The van der Waals surface area contributed by atoms with Gasteiger partial charge in [-0.1, -0.05) is 12.1 Å². The average Bonchev–Trinajstić information content (AvgIpc) is 2.92. The van der Waals surface area contributed by atoms with Crippen molar-refractivity contribution in [3.05, 3.63) is 48.5 Å². The van der Waals surface area contributed by atoms with E-state index in [1.54, 1.807) is 36.4 Å². The van der Waals surface area contributed by atoms with Crippen molar-refractivity contribution in [2.75, 3.05) is 31.0 Å². The first-order chi connectivity index (χ1) is 13.5. The first kappa shape index (κ1) is 18.9. The Bertz CT molecular complexity index is 941. The van der Waals surface area contributed by atoms with E-state index >= 15 is 0 Å². The molecule has 1 fully saturated rings. The Morgan fingerprint density at radius 1 is 0.929 bits per heavy atom. The van der Waals surface area contributed by atoms with Crippen molar-refractivity contribution >= 4 is 35.1 Å². The van der Waals surface area contributed by atoms with E-state index in [-0.39, 0.29) is 5.69 Å². The van der Waals surface area contributed by atoms with E-state index < -0.39 is 30.3 Å². The number of amides is 5. The second-order valence-corrected chi connectivity index (χ2v) is 5.76. The lowest BCUT2D eigenvalue weighted by molar-refractivity contribution is -0.140. The topological polar surface area (TPSA) is 105 Å². The smallest absolute Gasteiger partial charge is 0.339 e. The van der Waals surface area contributed by atoms with Crippen LogP contribution in [0.5, 0.6) is 11.5 Å². The lowest BCUT2D eigenvalue weighted by atomic mass is 10.3. The van der Waals surface area contributed by atoms with Crippen LogP contribution in [0.15, 0.2) is 48.5 Å². The molecular formula is C19H17N3O6. The number of nitrogens with one attached hydrogen (secondary N) is 1. The van der Waals surface area contributed by atoms with Crippen LogP contribution in [-0.2, 0) is 14.4 Å². The van der Waals surface area contributed by atoms with Gasteiger partial charge in [-0.15, -0.1) is 0 Å². The van der Waals surface area contributed by atoms with Crippen molar-refractivity contribution in [1.29, 1.82) is 0 Å². The SMILES string of the molecule is COc1ccc(N2C(=O)C(=O)N(CC(=O)Nc3ccccc3OC)C2=O)cc1. The van der Waals surface area contributed by atoms with Crippen LogP contribution in [0.4, 0.5) is 16.2 Å². The Balaban J connectivity index is 1.75. The molecule has 0 atom stereocenters. The van der Waals surface area contributed by atoms with E-state index in [2.05, 4.69) is 5.32 Å². The molecule has 0 bridgehead atoms. The zero-order chi connectivity index (χ0) is 20.3. The van der Waals surface area contributed by atoms with Gasteiger partial charge in [0.2, 0.25) is 5.91 Å².